The molecule has 0 fully saturated rings. The van der Waals surface area contributed by atoms with Crippen molar-refractivity contribution in [3.05, 3.63) is 125 Å². The number of aryl methyl sites for hydroxylation is 1. The number of hydrogen-bond donors (Lipinski definition) is 2. The first-order chi connectivity index (χ1) is 21.5. The molecule has 0 aliphatic rings. The molecule has 0 spiro atoms. The third-order valence-corrected chi connectivity index (χ3v) is 8.48. The Hall–Kier alpha value is -4.70. The van der Waals surface area contributed by atoms with Gasteiger partial charge in [-0.15, -0.1) is 0 Å². The number of para-hydroxylation sites is 1. The number of ether oxygens (including phenoxy) is 2. The van der Waals surface area contributed by atoms with Gasteiger partial charge in [-0.05, 0) is 90.0 Å². The van der Waals surface area contributed by atoms with E-state index in [9.17, 15) is 22.4 Å². The lowest BCUT2D eigenvalue weighted by atomic mass is 9.95. The topological polar surface area (TPSA) is 111 Å². The van der Waals surface area contributed by atoms with Gasteiger partial charge in [-0.2, -0.15) is 0 Å². The summed E-state index contributed by atoms with van der Waals surface area (Å²) in [5, 5.41) is 3.09. The molecule has 0 heterocycles. The molecule has 0 aliphatic heterocycles. The Labute approximate surface area is 263 Å². The van der Waals surface area contributed by atoms with Gasteiger partial charge in [0, 0.05) is 12.0 Å². The van der Waals surface area contributed by atoms with E-state index in [4.69, 9.17) is 9.47 Å². The average Bonchev–Trinajstić information content (AvgIpc) is 3.03. The summed E-state index contributed by atoms with van der Waals surface area (Å²) in [6, 6.07) is 25.9. The van der Waals surface area contributed by atoms with Crippen molar-refractivity contribution in [3.63, 3.8) is 0 Å². The van der Waals surface area contributed by atoms with E-state index in [2.05, 4.69) is 10.0 Å². The third kappa shape index (κ3) is 9.64. The second-order valence-corrected chi connectivity index (χ2v) is 12.7. The van der Waals surface area contributed by atoms with Gasteiger partial charge in [0.15, 0.2) is 0 Å². The maximum Gasteiger partial charge on any atom is 0.264 e. The first-order valence-corrected chi connectivity index (χ1v) is 16.1. The number of carbonyl (C=O) groups is 2. The molecule has 0 aliphatic carbocycles. The van der Waals surface area contributed by atoms with Crippen LogP contribution in [0, 0.1) is 11.7 Å². The summed E-state index contributed by atoms with van der Waals surface area (Å²) in [7, 11) is -2.63. The highest BCUT2D eigenvalue weighted by atomic mass is 32.2. The van der Waals surface area contributed by atoms with Gasteiger partial charge in [-0.25, -0.2) is 17.5 Å². The first-order valence-electron chi connectivity index (χ1n) is 14.6. The number of halogens is 1. The van der Waals surface area contributed by atoms with E-state index in [0.717, 1.165) is 11.1 Å². The number of amides is 2. The molecule has 0 radical (unpaired) electrons. The Bertz CT molecular complexity index is 1690. The van der Waals surface area contributed by atoms with Crippen molar-refractivity contribution in [2.24, 2.45) is 5.92 Å². The summed E-state index contributed by atoms with van der Waals surface area (Å²) >= 11 is 0. The van der Waals surface area contributed by atoms with Gasteiger partial charge in [0.1, 0.15) is 23.9 Å². The molecule has 0 aromatic heterocycles. The zero-order valence-corrected chi connectivity index (χ0v) is 26.3. The van der Waals surface area contributed by atoms with Gasteiger partial charge in [0.2, 0.25) is 5.91 Å². The van der Waals surface area contributed by atoms with E-state index in [0.29, 0.717) is 29.0 Å². The molecular weight excluding hydrogens is 595 g/mol. The standard InChI is InChI=1S/C35H37FN2O6S/c1-24(2)21-33(27-11-14-28(36)15-12-27)37-35(40)32-22-25(23-44-30-7-5-4-6-8-30)9-10-26(32)13-20-34(39)38-45(41,42)31-18-16-29(43-3)17-19-31/h4-12,14-19,22,24,33H,13,20-21,23H2,1-3H3,(H,37,40)(H,38,39). The molecule has 0 saturated heterocycles. The Balaban J connectivity index is 1.54. The maximum atomic E-state index is 13.8. The van der Waals surface area contributed by atoms with E-state index < -0.39 is 15.9 Å². The van der Waals surface area contributed by atoms with Crippen LogP contribution >= 0.6 is 0 Å². The minimum Gasteiger partial charge on any atom is -0.497 e. The molecule has 0 saturated carbocycles. The molecule has 2 N–H and O–H groups in total. The lowest BCUT2D eigenvalue weighted by molar-refractivity contribution is -0.119. The van der Waals surface area contributed by atoms with Crippen molar-refractivity contribution >= 4 is 21.8 Å². The third-order valence-electron chi connectivity index (χ3n) is 7.09. The zero-order valence-electron chi connectivity index (χ0n) is 25.5. The number of methoxy groups -OCH3 is 1. The summed E-state index contributed by atoms with van der Waals surface area (Å²) in [4.78, 5) is 26.5. The average molecular weight is 633 g/mol. The summed E-state index contributed by atoms with van der Waals surface area (Å²) in [5.41, 5.74) is 2.41. The fourth-order valence-electron chi connectivity index (χ4n) is 4.77. The highest BCUT2D eigenvalue weighted by Gasteiger charge is 2.22. The molecule has 1 unspecified atom stereocenters. The monoisotopic (exact) mass is 632 g/mol. The predicted molar refractivity (Wildman–Crippen MR) is 170 cm³/mol. The maximum absolute atomic E-state index is 13.8. The van der Waals surface area contributed by atoms with Crippen molar-refractivity contribution in [2.75, 3.05) is 7.11 Å². The fourth-order valence-corrected chi connectivity index (χ4v) is 5.78. The summed E-state index contributed by atoms with van der Waals surface area (Å²) < 4.78 is 52.2. The molecule has 8 nitrogen and oxygen atoms in total. The second-order valence-electron chi connectivity index (χ2n) is 11.0. The number of carbonyl (C=O) groups excluding carboxylic acids is 2. The van der Waals surface area contributed by atoms with Gasteiger partial charge in [-0.1, -0.05) is 56.3 Å². The SMILES string of the molecule is COc1ccc(S(=O)(=O)NC(=O)CCc2ccc(COc3ccccc3)cc2C(=O)NC(CC(C)C)c2ccc(F)cc2)cc1. The molecule has 4 aromatic carbocycles. The first kappa shape index (κ1) is 33.2. The van der Waals surface area contributed by atoms with Crippen molar-refractivity contribution < 1.29 is 31.9 Å². The van der Waals surface area contributed by atoms with Crippen LogP contribution in [0.25, 0.3) is 0 Å². The minimum absolute atomic E-state index is 0.0727. The van der Waals surface area contributed by atoms with Gasteiger partial charge in [0.05, 0.1) is 18.0 Å². The molecular formula is C35H37FN2O6S. The fraction of sp³-hybridized carbons (Fsp3) is 0.257. The van der Waals surface area contributed by atoms with Gasteiger partial charge >= 0.3 is 0 Å². The number of hydrogen-bond acceptors (Lipinski definition) is 6. The largest absolute Gasteiger partial charge is 0.497 e. The van der Waals surface area contributed by atoms with E-state index in [1.54, 1.807) is 24.3 Å². The van der Waals surface area contributed by atoms with Crippen LogP contribution < -0.4 is 19.5 Å². The summed E-state index contributed by atoms with van der Waals surface area (Å²) in [5.74, 6) is -0.0457. The van der Waals surface area contributed by atoms with E-state index in [-0.39, 0.29) is 48.0 Å². The molecule has 4 rings (SSSR count). The molecule has 10 heteroatoms. The second kappa shape index (κ2) is 15.3. The van der Waals surface area contributed by atoms with Crippen LogP contribution in [0.3, 0.4) is 0 Å². The lowest BCUT2D eigenvalue weighted by Gasteiger charge is -2.22. The van der Waals surface area contributed by atoms with Crippen LogP contribution in [0.1, 0.15) is 59.8 Å². The number of nitrogens with one attached hydrogen (secondary N) is 2. The zero-order chi connectivity index (χ0) is 32.4. The van der Waals surface area contributed by atoms with Crippen LogP contribution in [0.2, 0.25) is 0 Å². The number of benzene rings is 4. The molecule has 2 amide bonds. The summed E-state index contributed by atoms with van der Waals surface area (Å²) in [6.07, 6.45) is 0.552. The number of rotatable bonds is 14. The van der Waals surface area contributed by atoms with Gasteiger partial charge in [0.25, 0.3) is 15.9 Å². The molecule has 1 atom stereocenters. The van der Waals surface area contributed by atoms with Gasteiger partial charge < -0.3 is 14.8 Å². The molecule has 0 bridgehead atoms. The van der Waals surface area contributed by atoms with Gasteiger partial charge in [-0.3, -0.25) is 9.59 Å². The van der Waals surface area contributed by atoms with Crippen LogP contribution in [-0.2, 0) is 27.8 Å². The van der Waals surface area contributed by atoms with Crippen LogP contribution in [0.15, 0.2) is 102 Å². The quantitative estimate of drug-likeness (QED) is 0.167. The Kier molecular flexibility index (Phi) is 11.3. The predicted octanol–water partition coefficient (Wildman–Crippen LogP) is 6.37. The molecule has 45 heavy (non-hydrogen) atoms. The lowest BCUT2D eigenvalue weighted by Crippen LogP contribution is -2.32. The smallest absolute Gasteiger partial charge is 0.264 e. The van der Waals surface area contributed by atoms with Crippen molar-refractivity contribution in [2.45, 2.75) is 50.7 Å². The summed E-state index contributed by atoms with van der Waals surface area (Å²) in [6.45, 7) is 4.28. The van der Waals surface area contributed by atoms with Crippen molar-refractivity contribution in [1.82, 2.24) is 10.0 Å². The van der Waals surface area contributed by atoms with E-state index in [1.807, 2.05) is 50.2 Å². The highest BCUT2D eigenvalue weighted by Crippen LogP contribution is 2.24. The van der Waals surface area contributed by atoms with Crippen LogP contribution in [0.4, 0.5) is 4.39 Å². The number of sulfonamides is 1. The highest BCUT2D eigenvalue weighted by molar-refractivity contribution is 7.90. The Morgan fingerprint density at radius 2 is 1.56 bits per heavy atom. The van der Waals surface area contributed by atoms with Crippen molar-refractivity contribution in [3.8, 4) is 11.5 Å². The minimum atomic E-state index is -4.09. The van der Waals surface area contributed by atoms with Crippen LogP contribution in [0.5, 0.6) is 11.5 Å². The Morgan fingerprint density at radius 1 is 0.867 bits per heavy atom. The van der Waals surface area contributed by atoms with Crippen LogP contribution in [-0.4, -0.2) is 27.3 Å². The van der Waals surface area contributed by atoms with Crippen molar-refractivity contribution in [1.29, 1.82) is 0 Å². The molecule has 4 aromatic rings. The van der Waals surface area contributed by atoms with E-state index >= 15 is 0 Å². The normalized spacial score (nSPS) is 11.9. The van der Waals surface area contributed by atoms with E-state index in [1.165, 1.54) is 43.5 Å². The Morgan fingerprint density at radius 3 is 2.20 bits per heavy atom. The molecule has 236 valence electrons.